The van der Waals surface area contributed by atoms with Gasteiger partial charge in [0.05, 0.1) is 5.41 Å². The third-order valence-electron chi connectivity index (χ3n) is 1.25. The van der Waals surface area contributed by atoms with E-state index in [4.69, 9.17) is 0 Å². The number of hydrogen-bond donors (Lipinski definition) is 0. The maximum Gasteiger partial charge on any atom is 0.256 e. The van der Waals surface area contributed by atoms with Crippen LogP contribution in [0.2, 0.25) is 0 Å². The Kier molecular flexibility index (Phi) is 1.80. The van der Waals surface area contributed by atoms with Crippen molar-refractivity contribution in [1.82, 2.24) is 4.31 Å². The lowest BCUT2D eigenvalue weighted by molar-refractivity contribution is 0.520. The summed E-state index contributed by atoms with van der Waals surface area (Å²) in [5.41, 5.74) is 0. The molecule has 3 nitrogen and oxygen atoms in total. The maximum absolute atomic E-state index is 11.0. The first-order chi connectivity index (χ1) is 4.67. The van der Waals surface area contributed by atoms with Crippen LogP contribution in [0.4, 0.5) is 0 Å². The van der Waals surface area contributed by atoms with Crippen molar-refractivity contribution in [2.24, 2.45) is 0 Å². The first-order valence-electron chi connectivity index (χ1n) is 3.03. The molecule has 0 unspecified atom stereocenters. The van der Waals surface area contributed by atoms with E-state index in [0.717, 1.165) is 0 Å². The summed E-state index contributed by atoms with van der Waals surface area (Å²) in [4.78, 5) is 0. The van der Waals surface area contributed by atoms with E-state index in [1.165, 1.54) is 15.8 Å². The van der Waals surface area contributed by atoms with E-state index in [9.17, 15) is 8.42 Å². The molecule has 1 aliphatic rings. The molecule has 0 radical (unpaired) electrons. The van der Waals surface area contributed by atoms with Crippen molar-refractivity contribution in [3.63, 3.8) is 0 Å². The van der Waals surface area contributed by atoms with Crippen LogP contribution in [0.5, 0.6) is 0 Å². The Morgan fingerprint density at radius 1 is 1.40 bits per heavy atom. The second-order valence-corrected chi connectivity index (χ2v) is 3.69. The molecule has 0 fully saturated rings. The zero-order chi connectivity index (χ0) is 7.61. The Labute approximate surface area is 60.7 Å². The molecule has 0 amide bonds. The standard InChI is InChI=1S/C6H9NO2S/c1-2-7-5-3-4-6-10(7,8)9/h3-6H,2H2,1H3. The number of hydrogen-bond acceptors (Lipinski definition) is 2. The molecule has 0 aliphatic carbocycles. The fraction of sp³-hybridized carbons (Fsp3) is 0.333. The monoisotopic (exact) mass is 159 g/mol. The number of sulfonamides is 1. The molecule has 0 saturated heterocycles. The molecule has 1 aliphatic heterocycles. The third-order valence-corrected chi connectivity index (χ3v) is 2.79. The Balaban J connectivity index is 2.96. The van der Waals surface area contributed by atoms with Gasteiger partial charge in [-0.25, -0.2) is 8.42 Å². The van der Waals surface area contributed by atoms with Crippen LogP contribution < -0.4 is 0 Å². The average Bonchev–Trinajstić information content (AvgIpc) is 1.87. The molecule has 0 aromatic rings. The molecule has 0 saturated carbocycles. The third kappa shape index (κ3) is 1.21. The minimum Gasteiger partial charge on any atom is -0.274 e. The molecule has 56 valence electrons. The highest BCUT2D eigenvalue weighted by Gasteiger charge is 2.13. The number of nitrogens with zero attached hydrogens (tertiary/aromatic N) is 1. The lowest BCUT2D eigenvalue weighted by Crippen LogP contribution is -2.24. The Bertz CT molecular complexity index is 263. The topological polar surface area (TPSA) is 37.4 Å². The van der Waals surface area contributed by atoms with E-state index in [0.29, 0.717) is 6.54 Å². The van der Waals surface area contributed by atoms with Gasteiger partial charge in [-0.3, -0.25) is 4.31 Å². The van der Waals surface area contributed by atoms with Crippen molar-refractivity contribution in [2.45, 2.75) is 6.92 Å². The molecule has 0 aromatic heterocycles. The Hall–Kier alpha value is -0.770. The van der Waals surface area contributed by atoms with E-state index in [1.807, 2.05) is 0 Å². The fourth-order valence-electron chi connectivity index (χ4n) is 0.739. The zero-order valence-corrected chi connectivity index (χ0v) is 6.50. The van der Waals surface area contributed by atoms with Crippen LogP contribution in [0, 0.1) is 0 Å². The van der Waals surface area contributed by atoms with E-state index in [2.05, 4.69) is 0 Å². The second-order valence-electron chi connectivity index (χ2n) is 1.92. The SMILES string of the molecule is CCN1C=CC=CS1(=O)=O. The molecule has 0 bridgehead atoms. The molecule has 0 aromatic carbocycles. The molecule has 4 heteroatoms. The predicted octanol–water partition coefficient (Wildman–Crippen LogP) is 0.679. The fourth-order valence-corrected chi connectivity index (χ4v) is 1.78. The first kappa shape index (κ1) is 7.34. The second kappa shape index (κ2) is 2.46. The molecular weight excluding hydrogens is 150 g/mol. The van der Waals surface area contributed by atoms with Crippen molar-refractivity contribution in [3.05, 3.63) is 23.8 Å². The highest BCUT2D eigenvalue weighted by Crippen LogP contribution is 2.07. The van der Waals surface area contributed by atoms with Gasteiger partial charge in [0, 0.05) is 12.7 Å². The van der Waals surface area contributed by atoms with Crippen molar-refractivity contribution >= 4 is 10.0 Å². The van der Waals surface area contributed by atoms with Gasteiger partial charge in [0.25, 0.3) is 10.0 Å². The zero-order valence-electron chi connectivity index (χ0n) is 5.69. The van der Waals surface area contributed by atoms with Crippen LogP contribution in [0.15, 0.2) is 23.8 Å². The van der Waals surface area contributed by atoms with Gasteiger partial charge < -0.3 is 0 Å². The quantitative estimate of drug-likeness (QED) is 0.564. The van der Waals surface area contributed by atoms with Crippen LogP contribution in [0.1, 0.15) is 6.92 Å². The lowest BCUT2D eigenvalue weighted by Gasteiger charge is -2.17. The highest BCUT2D eigenvalue weighted by molar-refractivity contribution is 7.92. The van der Waals surface area contributed by atoms with Crippen molar-refractivity contribution < 1.29 is 8.42 Å². The molecule has 10 heavy (non-hydrogen) atoms. The molecule has 0 spiro atoms. The normalized spacial score (nSPS) is 21.5. The summed E-state index contributed by atoms with van der Waals surface area (Å²) in [5.74, 6) is 0. The summed E-state index contributed by atoms with van der Waals surface area (Å²) in [6.07, 6.45) is 4.77. The maximum atomic E-state index is 11.0. The summed E-state index contributed by atoms with van der Waals surface area (Å²) in [6.45, 7) is 2.28. The largest absolute Gasteiger partial charge is 0.274 e. The summed E-state index contributed by atoms with van der Waals surface area (Å²) < 4.78 is 23.3. The van der Waals surface area contributed by atoms with Crippen LogP contribution >= 0.6 is 0 Å². The molecule has 0 N–H and O–H groups in total. The van der Waals surface area contributed by atoms with Crippen molar-refractivity contribution in [3.8, 4) is 0 Å². The average molecular weight is 159 g/mol. The molecule has 1 heterocycles. The summed E-state index contributed by atoms with van der Waals surface area (Å²) in [5, 5.41) is 1.19. The Morgan fingerprint density at radius 2 is 2.10 bits per heavy atom. The van der Waals surface area contributed by atoms with Crippen LogP contribution in [0.3, 0.4) is 0 Å². The molecule has 1 rings (SSSR count). The van der Waals surface area contributed by atoms with Gasteiger partial charge in [0.2, 0.25) is 0 Å². The molecule has 0 atom stereocenters. The van der Waals surface area contributed by atoms with Crippen LogP contribution in [0.25, 0.3) is 0 Å². The van der Waals surface area contributed by atoms with Crippen molar-refractivity contribution in [2.75, 3.05) is 6.54 Å². The predicted molar refractivity (Wildman–Crippen MR) is 39.6 cm³/mol. The van der Waals surface area contributed by atoms with Crippen LogP contribution in [-0.4, -0.2) is 19.3 Å². The Morgan fingerprint density at radius 3 is 2.50 bits per heavy atom. The van der Waals surface area contributed by atoms with E-state index in [-0.39, 0.29) is 0 Å². The van der Waals surface area contributed by atoms with Gasteiger partial charge >= 0.3 is 0 Å². The number of allylic oxidation sites excluding steroid dienone is 2. The van der Waals surface area contributed by atoms with Gasteiger partial charge in [-0.05, 0) is 19.1 Å². The summed E-state index contributed by atoms with van der Waals surface area (Å²) >= 11 is 0. The van der Waals surface area contributed by atoms with Gasteiger partial charge in [-0.2, -0.15) is 0 Å². The molecular formula is C6H9NO2S. The van der Waals surface area contributed by atoms with Gasteiger partial charge in [0.1, 0.15) is 0 Å². The first-order valence-corrected chi connectivity index (χ1v) is 4.54. The highest BCUT2D eigenvalue weighted by atomic mass is 32.2. The van der Waals surface area contributed by atoms with Gasteiger partial charge in [-0.15, -0.1) is 0 Å². The number of rotatable bonds is 1. The summed E-state index contributed by atoms with van der Waals surface area (Å²) in [7, 11) is -3.11. The smallest absolute Gasteiger partial charge is 0.256 e. The van der Waals surface area contributed by atoms with E-state index >= 15 is 0 Å². The minimum absolute atomic E-state index is 0.489. The van der Waals surface area contributed by atoms with Gasteiger partial charge in [0.15, 0.2) is 0 Å². The lowest BCUT2D eigenvalue weighted by atomic mass is 10.6. The van der Waals surface area contributed by atoms with Crippen LogP contribution in [-0.2, 0) is 10.0 Å². The van der Waals surface area contributed by atoms with E-state index in [1.54, 1.807) is 19.2 Å². The minimum atomic E-state index is -3.11. The summed E-state index contributed by atoms with van der Waals surface area (Å²) in [6, 6.07) is 0. The van der Waals surface area contributed by atoms with Gasteiger partial charge in [-0.1, -0.05) is 0 Å². The van der Waals surface area contributed by atoms with E-state index < -0.39 is 10.0 Å². The van der Waals surface area contributed by atoms with Crippen molar-refractivity contribution in [1.29, 1.82) is 0 Å².